The minimum Gasteiger partial charge on any atom is -0.494 e. The van der Waals surface area contributed by atoms with Crippen LogP contribution in [0.1, 0.15) is 17.5 Å². The molecule has 1 saturated heterocycles. The quantitative estimate of drug-likeness (QED) is 0.798. The van der Waals surface area contributed by atoms with Crippen LogP contribution in [0.25, 0.3) is 0 Å². The Morgan fingerprint density at radius 3 is 2.74 bits per heavy atom. The highest BCUT2D eigenvalue weighted by Gasteiger charge is 2.31. The Labute approximate surface area is 114 Å². The van der Waals surface area contributed by atoms with E-state index in [2.05, 4.69) is 30.9 Å². The minimum atomic E-state index is -0.678. The molecule has 1 aliphatic heterocycles. The van der Waals surface area contributed by atoms with Gasteiger partial charge in [-0.2, -0.15) is 0 Å². The van der Waals surface area contributed by atoms with Crippen molar-refractivity contribution in [3.63, 3.8) is 0 Å². The summed E-state index contributed by atoms with van der Waals surface area (Å²) in [4.78, 5) is 12.8. The molecule has 1 aromatic rings. The standard InChI is InChI=1S/C15H21NO3/c1-11-4-5-14(8-12(11)2)19-7-3-6-16-9-13(10-16)15(17)18/h4-5,8,13H,3,6-7,9-10H2,1-2H3,(H,17,18). The second-order valence-electron chi connectivity index (χ2n) is 5.24. The predicted octanol–water partition coefficient (Wildman–Crippen LogP) is 2.09. The average Bonchev–Trinajstić information content (AvgIpc) is 2.30. The lowest BCUT2D eigenvalue weighted by Gasteiger charge is -2.36. The lowest BCUT2D eigenvalue weighted by Crippen LogP contribution is -2.50. The van der Waals surface area contributed by atoms with Gasteiger partial charge in [-0.15, -0.1) is 0 Å². The van der Waals surface area contributed by atoms with Gasteiger partial charge in [0.25, 0.3) is 0 Å². The third-order valence-electron chi connectivity index (χ3n) is 3.67. The summed E-state index contributed by atoms with van der Waals surface area (Å²) in [6.07, 6.45) is 0.930. The van der Waals surface area contributed by atoms with Crippen LogP contribution in [-0.4, -0.2) is 42.2 Å². The fourth-order valence-corrected chi connectivity index (χ4v) is 2.19. The number of aryl methyl sites for hydroxylation is 2. The van der Waals surface area contributed by atoms with Crippen molar-refractivity contribution < 1.29 is 14.6 Å². The van der Waals surface area contributed by atoms with Gasteiger partial charge < -0.3 is 14.7 Å². The van der Waals surface area contributed by atoms with E-state index in [4.69, 9.17) is 9.84 Å². The molecule has 1 aromatic carbocycles. The molecule has 0 radical (unpaired) electrons. The van der Waals surface area contributed by atoms with Gasteiger partial charge in [-0.25, -0.2) is 0 Å². The maximum absolute atomic E-state index is 10.7. The van der Waals surface area contributed by atoms with E-state index >= 15 is 0 Å². The van der Waals surface area contributed by atoms with Gasteiger partial charge in [-0.05, 0) is 43.5 Å². The molecule has 1 heterocycles. The van der Waals surface area contributed by atoms with Crippen molar-refractivity contribution in [3.05, 3.63) is 29.3 Å². The lowest BCUT2D eigenvalue weighted by atomic mass is 10.0. The van der Waals surface area contributed by atoms with E-state index in [1.54, 1.807) is 0 Å². The molecule has 0 saturated carbocycles. The first-order valence-electron chi connectivity index (χ1n) is 6.71. The molecular weight excluding hydrogens is 242 g/mol. The number of carboxylic acid groups (broad SMARTS) is 1. The average molecular weight is 263 g/mol. The van der Waals surface area contributed by atoms with Crippen LogP contribution in [0.15, 0.2) is 18.2 Å². The van der Waals surface area contributed by atoms with E-state index in [0.717, 1.165) is 18.7 Å². The molecule has 0 aliphatic carbocycles. The molecule has 0 amide bonds. The lowest BCUT2D eigenvalue weighted by molar-refractivity contribution is -0.147. The SMILES string of the molecule is Cc1ccc(OCCCN2CC(C(=O)O)C2)cc1C. The topological polar surface area (TPSA) is 49.8 Å². The number of likely N-dealkylation sites (tertiary alicyclic amines) is 1. The number of carbonyl (C=O) groups is 1. The summed E-state index contributed by atoms with van der Waals surface area (Å²) in [5, 5.41) is 8.77. The molecule has 2 rings (SSSR count). The summed E-state index contributed by atoms with van der Waals surface area (Å²) in [5.41, 5.74) is 2.51. The van der Waals surface area contributed by atoms with E-state index in [-0.39, 0.29) is 5.92 Å². The van der Waals surface area contributed by atoms with E-state index in [0.29, 0.717) is 19.7 Å². The Hall–Kier alpha value is -1.55. The summed E-state index contributed by atoms with van der Waals surface area (Å²) in [6.45, 7) is 7.11. The molecule has 19 heavy (non-hydrogen) atoms. The van der Waals surface area contributed by atoms with Crippen LogP contribution in [0, 0.1) is 19.8 Å². The van der Waals surface area contributed by atoms with Gasteiger partial charge in [0.2, 0.25) is 0 Å². The molecule has 1 aliphatic rings. The predicted molar refractivity (Wildman–Crippen MR) is 73.6 cm³/mol. The number of benzene rings is 1. The van der Waals surface area contributed by atoms with Gasteiger partial charge in [-0.1, -0.05) is 6.07 Å². The van der Waals surface area contributed by atoms with Crippen LogP contribution in [0.3, 0.4) is 0 Å². The van der Waals surface area contributed by atoms with Crippen LogP contribution in [-0.2, 0) is 4.79 Å². The molecule has 4 nitrogen and oxygen atoms in total. The van der Waals surface area contributed by atoms with Crippen molar-refractivity contribution >= 4 is 5.97 Å². The molecule has 0 atom stereocenters. The highest BCUT2D eigenvalue weighted by Crippen LogP contribution is 2.18. The number of hydrogen-bond acceptors (Lipinski definition) is 3. The van der Waals surface area contributed by atoms with E-state index < -0.39 is 5.97 Å². The zero-order valence-electron chi connectivity index (χ0n) is 11.6. The van der Waals surface area contributed by atoms with Crippen LogP contribution < -0.4 is 4.74 Å². The molecule has 0 unspecified atom stereocenters. The first-order chi connectivity index (χ1) is 9.06. The Balaban J connectivity index is 1.62. The fraction of sp³-hybridized carbons (Fsp3) is 0.533. The third-order valence-corrected chi connectivity index (χ3v) is 3.67. The fourth-order valence-electron chi connectivity index (χ4n) is 2.19. The number of aliphatic carboxylic acids is 1. The van der Waals surface area contributed by atoms with Crippen molar-refractivity contribution in [3.8, 4) is 5.75 Å². The van der Waals surface area contributed by atoms with Crippen LogP contribution >= 0.6 is 0 Å². The summed E-state index contributed by atoms with van der Waals surface area (Å²) in [5.74, 6) is 0.0680. The van der Waals surface area contributed by atoms with Crippen molar-refractivity contribution in [2.24, 2.45) is 5.92 Å². The van der Waals surface area contributed by atoms with Gasteiger partial charge in [-0.3, -0.25) is 4.79 Å². The number of nitrogens with zero attached hydrogens (tertiary/aromatic N) is 1. The van der Waals surface area contributed by atoms with Gasteiger partial charge in [0.15, 0.2) is 0 Å². The van der Waals surface area contributed by atoms with Crippen molar-refractivity contribution in [2.75, 3.05) is 26.2 Å². The molecule has 0 spiro atoms. The van der Waals surface area contributed by atoms with Gasteiger partial charge in [0, 0.05) is 19.6 Å². The number of ether oxygens (including phenoxy) is 1. The molecule has 0 bridgehead atoms. The molecule has 4 heteroatoms. The summed E-state index contributed by atoms with van der Waals surface area (Å²) in [7, 11) is 0. The van der Waals surface area contributed by atoms with E-state index in [1.807, 2.05) is 6.07 Å². The van der Waals surface area contributed by atoms with Gasteiger partial charge in [0.1, 0.15) is 5.75 Å². The van der Waals surface area contributed by atoms with Crippen LogP contribution in [0.4, 0.5) is 0 Å². The molecule has 104 valence electrons. The monoisotopic (exact) mass is 263 g/mol. The van der Waals surface area contributed by atoms with Crippen molar-refractivity contribution in [2.45, 2.75) is 20.3 Å². The largest absolute Gasteiger partial charge is 0.494 e. The number of hydrogen-bond donors (Lipinski definition) is 1. The highest BCUT2D eigenvalue weighted by molar-refractivity contribution is 5.71. The molecule has 1 fully saturated rings. The second-order valence-corrected chi connectivity index (χ2v) is 5.24. The smallest absolute Gasteiger partial charge is 0.309 e. The Bertz CT molecular complexity index is 453. The molecule has 0 aromatic heterocycles. The van der Waals surface area contributed by atoms with Crippen molar-refractivity contribution in [1.82, 2.24) is 4.90 Å². The van der Waals surface area contributed by atoms with Crippen molar-refractivity contribution in [1.29, 1.82) is 0 Å². The summed E-state index contributed by atoms with van der Waals surface area (Å²) in [6, 6.07) is 6.11. The third kappa shape index (κ3) is 3.70. The van der Waals surface area contributed by atoms with Gasteiger partial charge >= 0.3 is 5.97 Å². The molecular formula is C15H21NO3. The number of rotatable bonds is 6. The van der Waals surface area contributed by atoms with Gasteiger partial charge in [0.05, 0.1) is 12.5 Å². The Morgan fingerprint density at radius 1 is 1.37 bits per heavy atom. The van der Waals surface area contributed by atoms with Crippen LogP contribution in [0.2, 0.25) is 0 Å². The maximum Gasteiger partial charge on any atom is 0.309 e. The first-order valence-corrected chi connectivity index (χ1v) is 6.71. The Morgan fingerprint density at radius 2 is 2.11 bits per heavy atom. The zero-order valence-corrected chi connectivity index (χ0v) is 11.6. The first kappa shape index (κ1) is 13.9. The minimum absolute atomic E-state index is 0.166. The highest BCUT2D eigenvalue weighted by atomic mass is 16.5. The van der Waals surface area contributed by atoms with E-state index in [1.165, 1.54) is 11.1 Å². The molecule has 1 N–H and O–H groups in total. The summed E-state index contributed by atoms with van der Waals surface area (Å²) < 4.78 is 5.69. The number of carboxylic acids is 1. The summed E-state index contributed by atoms with van der Waals surface area (Å²) >= 11 is 0. The Kier molecular flexibility index (Phi) is 4.43. The maximum atomic E-state index is 10.7. The van der Waals surface area contributed by atoms with E-state index in [9.17, 15) is 4.79 Å². The zero-order chi connectivity index (χ0) is 13.8. The normalized spacial score (nSPS) is 16.1. The second kappa shape index (κ2) is 6.06. The van der Waals surface area contributed by atoms with Crippen LogP contribution in [0.5, 0.6) is 5.75 Å².